The summed E-state index contributed by atoms with van der Waals surface area (Å²) in [6, 6.07) is 6.84. The highest BCUT2D eigenvalue weighted by Crippen LogP contribution is 2.09. The molecule has 84 valence electrons. The molecule has 1 aromatic carbocycles. The molecular formula is C10H16N2O2S. The Kier molecular flexibility index (Phi) is 4.26. The Balaban J connectivity index is 2.81. The second-order valence-electron chi connectivity index (χ2n) is 3.13. The van der Waals surface area contributed by atoms with Crippen molar-refractivity contribution in [2.24, 2.45) is 0 Å². The number of hydrogen-bond donors (Lipinski definition) is 2. The van der Waals surface area contributed by atoms with Crippen molar-refractivity contribution in [1.29, 1.82) is 0 Å². The molecule has 0 aliphatic carbocycles. The zero-order valence-electron chi connectivity index (χ0n) is 8.95. The molecule has 0 radical (unpaired) electrons. The molecule has 4 nitrogen and oxygen atoms in total. The van der Waals surface area contributed by atoms with Crippen molar-refractivity contribution in [2.75, 3.05) is 13.6 Å². The van der Waals surface area contributed by atoms with Gasteiger partial charge in [0, 0.05) is 6.54 Å². The van der Waals surface area contributed by atoms with Crippen LogP contribution in [-0.4, -0.2) is 22.0 Å². The smallest absolute Gasteiger partial charge is 0.240 e. The molecule has 0 saturated heterocycles. The number of rotatable bonds is 5. The first-order chi connectivity index (χ1) is 7.10. The maximum atomic E-state index is 11.4. The van der Waals surface area contributed by atoms with Gasteiger partial charge >= 0.3 is 0 Å². The van der Waals surface area contributed by atoms with Crippen LogP contribution in [-0.2, 0) is 16.6 Å². The van der Waals surface area contributed by atoms with E-state index in [9.17, 15) is 8.42 Å². The summed E-state index contributed by atoms with van der Waals surface area (Å²) in [5.41, 5.74) is 1.08. The lowest BCUT2D eigenvalue weighted by Crippen LogP contribution is -2.18. The van der Waals surface area contributed by atoms with E-state index in [0.717, 1.165) is 18.7 Å². The standard InChI is InChI=1S/C10H16N2O2S/c1-3-12-8-9-4-6-10(7-5-9)15(13,14)11-2/h4-7,11-12H,3,8H2,1-2H3. The van der Waals surface area contributed by atoms with Crippen LogP contribution in [0.3, 0.4) is 0 Å². The summed E-state index contributed by atoms with van der Waals surface area (Å²) in [6.07, 6.45) is 0. The summed E-state index contributed by atoms with van der Waals surface area (Å²) in [5, 5.41) is 3.17. The van der Waals surface area contributed by atoms with Crippen molar-refractivity contribution in [3.63, 3.8) is 0 Å². The first kappa shape index (κ1) is 12.2. The first-order valence-corrected chi connectivity index (χ1v) is 6.31. The van der Waals surface area contributed by atoms with Gasteiger partial charge in [0.2, 0.25) is 10.0 Å². The van der Waals surface area contributed by atoms with Crippen LogP contribution >= 0.6 is 0 Å². The maximum Gasteiger partial charge on any atom is 0.240 e. The van der Waals surface area contributed by atoms with Crippen LogP contribution in [0.4, 0.5) is 0 Å². The van der Waals surface area contributed by atoms with Crippen molar-refractivity contribution >= 4 is 10.0 Å². The monoisotopic (exact) mass is 228 g/mol. The second-order valence-corrected chi connectivity index (χ2v) is 5.02. The molecule has 0 aliphatic heterocycles. The summed E-state index contributed by atoms with van der Waals surface area (Å²) < 4.78 is 25.1. The molecule has 0 aliphatic rings. The van der Waals surface area contributed by atoms with E-state index in [4.69, 9.17) is 0 Å². The van der Waals surface area contributed by atoms with Crippen molar-refractivity contribution in [3.8, 4) is 0 Å². The molecule has 0 unspecified atom stereocenters. The van der Waals surface area contributed by atoms with Gasteiger partial charge < -0.3 is 5.32 Å². The Morgan fingerprint density at radius 3 is 2.27 bits per heavy atom. The van der Waals surface area contributed by atoms with Crippen LogP contribution in [0.1, 0.15) is 12.5 Å². The van der Waals surface area contributed by atoms with Gasteiger partial charge in [-0.25, -0.2) is 13.1 Å². The van der Waals surface area contributed by atoms with Gasteiger partial charge in [0.05, 0.1) is 4.90 Å². The highest BCUT2D eigenvalue weighted by Gasteiger charge is 2.09. The van der Waals surface area contributed by atoms with Crippen LogP contribution in [0.15, 0.2) is 29.2 Å². The zero-order valence-corrected chi connectivity index (χ0v) is 9.76. The number of nitrogens with one attached hydrogen (secondary N) is 2. The fourth-order valence-corrected chi connectivity index (χ4v) is 1.90. The van der Waals surface area contributed by atoms with Gasteiger partial charge in [-0.05, 0) is 31.3 Å². The Morgan fingerprint density at radius 1 is 1.20 bits per heavy atom. The Hall–Kier alpha value is -0.910. The normalized spacial score (nSPS) is 11.6. The van der Waals surface area contributed by atoms with E-state index in [2.05, 4.69) is 10.0 Å². The predicted molar refractivity (Wildman–Crippen MR) is 60.1 cm³/mol. The highest BCUT2D eigenvalue weighted by atomic mass is 32.2. The second kappa shape index (κ2) is 5.25. The first-order valence-electron chi connectivity index (χ1n) is 4.83. The molecular weight excluding hydrogens is 212 g/mol. The van der Waals surface area contributed by atoms with Crippen LogP contribution in [0.2, 0.25) is 0 Å². The molecule has 2 N–H and O–H groups in total. The molecule has 1 rings (SSSR count). The molecule has 0 atom stereocenters. The summed E-state index contributed by atoms with van der Waals surface area (Å²) >= 11 is 0. The van der Waals surface area contributed by atoms with Gasteiger partial charge in [-0.3, -0.25) is 0 Å². The third kappa shape index (κ3) is 3.30. The zero-order chi connectivity index (χ0) is 11.3. The fraction of sp³-hybridized carbons (Fsp3) is 0.400. The van der Waals surface area contributed by atoms with Crippen LogP contribution in [0.5, 0.6) is 0 Å². The molecule has 0 fully saturated rings. The van der Waals surface area contributed by atoms with Crippen LogP contribution < -0.4 is 10.0 Å². The molecule has 0 spiro atoms. The van der Waals surface area contributed by atoms with Crippen LogP contribution in [0, 0.1) is 0 Å². The average molecular weight is 228 g/mol. The van der Waals surface area contributed by atoms with Gasteiger partial charge in [-0.2, -0.15) is 0 Å². The molecule has 0 aromatic heterocycles. The SMILES string of the molecule is CCNCc1ccc(S(=O)(=O)NC)cc1. The summed E-state index contributed by atoms with van der Waals surface area (Å²) in [7, 11) is -1.90. The maximum absolute atomic E-state index is 11.4. The molecule has 15 heavy (non-hydrogen) atoms. The van der Waals surface area contributed by atoms with Gasteiger partial charge in [0.15, 0.2) is 0 Å². The lowest BCUT2D eigenvalue weighted by molar-refractivity contribution is 0.588. The quantitative estimate of drug-likeness (QED) is 0.780. The van der Waals surface area contributed by atoms with Gasteiger partial charge in [0.25, 0.3) is 0 Å². The van der Waals surface area contributed by atoms with E-state index in [0.29, 0.717) is 4.90 Å². The summed E-state index contributed by atoms with van der Waals surface area (Å²) in [6.45, 7) is 3.69. The van der Waals surface area contributed by atoms with Crippen molar-refractivity contribution in [2.45, 2.75) is 18.4 Å². The molecule has 0 heterocycles. The minimum Gasteiger partial charge on any atom is -0.313 e. The molecule has 5 heteroatoms. The Bertz CT molecular complexity index is 398. The van der Waals surface area contributed by atoms with E-state index in [1.54, 1.807) is 12.1 Å². The van der Waals surface area contributed by atoms with Crippen molar-refractivity contribution in [3.05, 3.63) is 29.8 Å². The highest BCUT2D eigenvalue weighted by molar-refractivity contribution is 7.89. The lowest BCUT2D eigenvalue weighted by atomic mass is 10.2. The predicted octanol–water partition coefficient (Wildman–Crippen LogP) is 0.704. The van der Waals surface area contributed by atoms with E-state index >= 15 is 0 Å². The number of hydrogen-bond acceptors (Lipinski definition) is 3. The Morgan fingerprint density at radius 2 is 1.80 bits per heavy atom. The van der Waals surface area contributed by atoms with E-state index < -0.39 is 10.0 Å². The Labute approximate surface area is 90.8 Å². The topological polar surface area (TPSA) is 58.2 Å². The molecule has 0 amide bonds. The minimum atomic E-state index is -3.31. The van der Waals surface area contributed by atoms with Gasteiger partial charge in [0.1, 0.15) is 0 Å². The van der Waals surface area contributed by atoms with E-state index in [1.165, 1.54) is 7.05 Å². The molecule has 1 aromatic rings. The van der Waals surface area contributed by atoms with Crippen molar-refractivity contribution in [1.82, 2.24) is 10.0 Å². The minimum absolute atomic E-state index is 0.297. The molecule has 0 saturated carbocycles. The summed E-state index contributed by atoms with van der Waals surface area (Å²) in [5.74, 6) is 0. The fourth-order valence-electron chi connectivity index (χ4n) is 1.17. The molecule has 0 bridgehead atoms. The third-order valence-corrected chi connectivity index (χ3v) is 3.51. The van der Waals surface area contributed by atoms with Gasteiger partial charge in [-0.1, -0.05) is 19.1 Å². The van der Waals surface area contributed by atoms with E-state index in [1.807, 2.05) is 19.1 Å². The third-order valence-electron chi connectivity index (χ3n) is 2.08. The van der Waals surface area contributed by atoms with Gasteiger partial charge in [-0.15, -0.1) is 0 Å². The summed E-state index contributed by atoms with van der Waals surface area (Å²) in [4.78, 5) is 0.297. The number of benzene rings is 1. The average Bonchev–Trinajstić information content (AvgIpc) is 2.27. The largest absolute Gasteiger partial charge is 0.313 e. The van der Waals surface area contributed by atoms with Crippen molar-refractivity contribution < 1.29 is 8.42 Å². The van der Waals surface area contributed by atoms with E-state index in [-0.39, 0.29) is 0 Å². The number of sulfonamides is 1. The lowest BCUT2D eigenvalue weighted by Gasteiger charge is -2.04. The van der Waals surface area contributed by atoms with Crippen LogP contribution in [0.25, 0.3) is 0 Å².